The van der Waals surface area contributed by atoms with Crippen molar-refractivity contribution in [2.75, 3.05) is 0 Å². The number of aliphatic hydroxyl groups is 1. The maximum absolute atomic E-state index is 11.9. The Bertz CT molecular complexity index is 661. The zero-order valence-electron chi connectivity index (χ0n) is 9.62. The lowest BCUT2D eigenvalue weighted by molar-refractivity contribution is -0.111. The number of phenolic OH excluding ortho intramolecular Hbond substituents is 2. The Balaban J connectivity index is 2.99. The lowest BCUT2D eigenvalue weighted by atomic mass is 9.88. The standard InChI is InChI=1S/C12H8Br2O5/c1-3-4(2-13)9(16)6-5(8(3)15)10(17)7(14)12(19)11(6)18/h15-17H,2H2,1H3. The number of halogens is 2. The first-order valence-corrected chi connectivity index (χ1v) is 7.05. The molecular formula is C12H8Br2O5. The molecule has 0 amide bonds. The second-order valence-electron chi connectivity index (χ2n) is 4.01. The molecule has 7 heteroatoms. The van der Waals surface area contributed by atoms with Crippen LogP contribution in [0.5, 0.6) is 11.5 Å². The minimum Gasteiger partial charge on any atom is -0.507 e. The molecule has 0 unspecified atom stereocenters. The van der Waals surface area contributed by atoms with Crippen LogP contribution in [0.4, 0.5) is 0 Å². The summed E-state index contributed by atoms with van der Waals surface area (Å²) < 4.78 is -0.328. The van der Waals surface area contributed by atoms with E-state index in [2.05, 4.69) is 31.9 Å². The van der Waals surface area contributed by atoms with Crippen molar-refractivity contribution in [3.05, 3.63) is 26.7 Å². The average molecular weight is 392 g/mol. The molecule has 0 fully saturated rings. The first-order chi connectivity index (χ1) is 8.82. The third-order valence-corrected chi connectivity index (χ3v) is 4.32. The highest BCUT2D eigenvalue weighted by Crippen LogP contribution is 2.45. The monoisotopic (exact) mass is 390 g/mol. The third-order valence-electron chi connectivity index (χ3n) is 3.03. The Hall–Kier alpha value is -1.34. The van der Waals surface area contributed by atoms with Crippen LogP contribution in [0.3, 0.4) is 0 Å². The third kappa shape index (κ3) is 1.80. The van der Waals surface area contributed by atoms with E-state index >= 15 is 0 Å². The van der Waals surface area contributed by atoms with Gasteiger partial charge in [0.2, 0.25) is 11.6 Å². The van der Waals surface area contributed by atoms with Gasteiger partial charge in [0.1, 0.15) is 21.7 Å². The molecule has 1 aliphatic carbocycles. The molecule has 5 nitrogen and oxygen atoms in total. The Kier molecular flexibility index (Phi) is 3.44. The van der Waals surface area contributed by atoms with Gasteiger partial charge < -0.3 is 15.3 Å². The summed E-state index contributed by atoms with van der Waals surface area (Å²) in [5, 5.41) is 30.2. The quantitative estimate of drug-likeness (QED) is 0.388. The predicted molar refractivity (Wildman–Crippen MR) is 75.0 cm³/mol. The normalized spacial score (nSPS) is 14.9. The van der Waals surface area contributed by atoms with E-state index in [-0.39, 0.29) is 26.7 Å². The second-order valence-corrected chi connectivity index (χ2v) is 5.36. The van der Waals surface area contributed by atoms with Crippen molar-refractivity contribution in [3.8, 4) is 11.5 Å². The van der Waals surface area contributed by atoms with E-state index < -0.39 is 23.1 Å². The van der Waals surface area contributed by atoms with Crippen LogP contribution in [0, 0.1) is 6.92 Å². The molecule has 1 aromatic carbocycles. The molecule has 1 aliphatic rings. The Morgan fingerprint density at radius 1 is 1.00 bits per heavy atom. The van der Waals surface area contributed by atoms with Crippen LogP contribution in [-0.4, -0.2) is 26.9 Å². The summed E-state index contributed by atoms with van der Waals surface area (Å²) in [5.74, 6) is -3.25. The number of aliphatic hydroxyl groups excluding tert-OH is 1. The van der Waals surface area contributed by atoms with E-state index in [0.717, 1.165) is 0 Å². The van der Waals surface area contributed by atoms with Crippen LogP contribution < -0.4 is 0 Å². The van der Waals surface area contributed by atoms with Crippen molar-refractivity contribution in [2.24, 2.45) is 0 Å². The topological polar surface area (TPSA) is 94.8 Å². The van der Waals surface area contributed by atoms with Gasteiger partial charge in [0.15, 0.2) is 0 Å². The molecule has 0 saturated heterocycles. The number of Topliss-reactive ketones (excluding diaryl/α,β-unsaturated/α-hetero) is 2. The first-order valence-electron chi connectivity index (χ1n) is 5.14. The highest BCUT2D eigenvalue weighted by atomic mass is 79.9. The minimum absolute atomic E-state index is 0.193. The lowest BCUT2D eigenvalue weighted by Crippen LogP contribution is -2.22. The van der Waals surface area contributed by atoms with Crippen molar-refractivity contribution >= 4 is 49.2 Å². The van der Waals surface area contributed by atoms with E-state index in [1.165, 1.54) is 6.92 Å². The number of fused-ring (bicyclic) bond motifs is 1. The number of hydrogen-bond acceptors (Lipinski definition) is 5. The molecule has 3 N–H and O–H groups in total. The fourth-order valence-corrected chi connectivity index (χ4v) is 3.01. The van der Waals surface area contributed by atoms with Crippen molar-refractivity contribution in [1.29, 1.82) is 0 Å². The molecule has 1 aromatic rings. The van der Waals surface area contributed by atoms with E-state index in [4.69, 9.17) is 0 Å². The second kappa shape index (κ2) is 4.64. The number of ketones is 2. The summed E-state index contributed by atoms with van der Waals surface area (Å²) in [6.07, 6.45) is 0. The van der Waals surface area contributed by atoms with Gasteiger partial charge in [-0.3, -0.25) is 9.59 Å². The van der Waals surface area contributed by atoms with Crippen LogP contribution in [0.25, 0.3) is 5.76 Å². The van der Waals surface area contributed by atoms with E-state index in [0.29, 0.717) is 11.1 Å². The smallest absolute Gasteiger partial charge is 0.244 e. The molecule has 0 aliphatic heterocycles. The molecule has 0 bridgehead atoms. The predicted octanol–water partition coefficient (Wildman–Crippen LogP) is 2.69. The summed E-state index contributed by atoms with van der Waals surface area (Å²) in [7, 11) is 0. The zero-order chi connectivity index (χ0) is 14.5. The van der Waals surface area contributed by atoms with Crippen LogP contribution in [0.1, 0.15) is 27.0 Å². The van der Waals surface area contributed by atoms with Crippen LogP contribution >= 0.6 is 31.9 Å². The molecule has 0 aromatic heterocycles. The molecule has 19 heavy (non-hydrogen) atoms. The summed E-state index contributed by atoms with van der Waals surface area (Å²) in [6, 6.07) is 0. The fraction of sp³-hybridized carbons (Fsp3) is 0.167. The lowest BCUT2D eigenvalue weighted by Gasteiger charge is -2.20. The van der Waals surface area contributed by atoms with Crippen LogP contribution in [0.2, 0.25) is 0 Å². The Morgan fingerprint density at radius 3 is 2.11 bits per heavy atom. The maximum Gasteiger partial charge on any atom is 0.244 e. The van der Waals surface area contributed by atoms with Gasteiger partial charge >= 0.3 is 0 Å². The summed E-state index contributed by atoms with van der Waals surface area (Å²) in [6.45, 7) is 1.54. The number of hydrogen-bond donors (Lipinski definition) is 3. The molecule has 100 valence electrons. The van der Waals surface area contributed by atoms with Crippen molar-refractivity contribution in [1.82, 2.24) is 0 Å². The number of benzene rings is 1. The summed E-state index contributed by atoms with van der Waals surface area (Å²) in [4.78, 5) is 23.5. The molecular weight excluding hydrogens is 384 g/mol. The molecule has 0 saturated carbocycles. The van der Waals surface area contributed by atoms with E-state index in [9.17, 15) is 24.9 Å². The first kappa shape index (κ1) is 14.1. The molecule has 0 spiro atoms. The molecule has 0 atom stereocenters. The van der Waals surface area contributed by atoms with Gasteiger partial charge in [0.25, 0.3) is 0 Å². The van der Waals surface area contributed by atoms with Gasteiger partial charge in [-0.2, -0.15) is 0 Å². The Morgan fingerprint density at radius 2 is 1.58 bits per heavy atom. The zero-order valence-corrected chi connectivity index (χ0v) is 12.8. The summed E-state index contributed by atoms with van der Waals surface area (Å²) >= 11 is 5.94. The highest BCUT2D eigenvalue weighted by molar-refractivity contribution is 9.12. The molecule has 0 radical (unpaired) electrons. The molecule has 0 heterocycles. The number of carbonyl (C=O) groups is 2. The van der Waals surface area contributed by atoms with Gasteiger partial charge in [-0.1, -0.05) is 15.9 Å². The number of phenols is 2. The van der Waals surface area contributed by atoms with Gasteiger partial charge in [0.05, 0.1) is 11.1 Å². The maximum atomic E-state index is 11.9. The highest BCUT2D eigenvalue weighted by Gasteiger charge is 2.38. The number of allylic oxidation sites excluding steroid dienone is 1. The van der Waals surface area contributed by atoms with Gasteiger partial charge in [0, 0.05) is 10.9 Å². The van der Waals surface area contributed by atoms with E-state index in [1.807, 2.05) is 0 Å². The largest absolute Gasteiger partial charge is 0.507 e. The number of aromatic hydroxyl groups is 2. The number of carbonyl (C=O) groups excluding carboxylic acids is 2. The fourth-order valence-electron chi connectivity index (χ4n) is 1.94. The SMILES string of the molecule is Cc1c(O)c2c(c(O)c1CBr)C(=O)C(=O)C(Br)=C2O. The van der Waals surface area contributed by atoms with Gasteiger partial charge in [-0.15, -0.1) is 0 Å². The van der Waals surface area contributed by atoms with Crippen LogP contribution in [0.15, 0.2) is 4.48 Å². The van der Waals surface area contributed by atoms with Crippen molar-refractivity contribution < 1.29 is 24.9 Å². The average Bonchev–Trinajstić information content (AvgIpc) is 2.38. The van der Waals surface area contributed by atoms with Gasteiger partial charge in [-0.05, 0) is 28.4 Å². The van der Waals surface area contributed by atoms with Crippen molar-refractivity contribution in [2.45, 2.75) is 12.3 Å². The number of rotatable bonds is 1. The minimum atomic E-state index is -0.977. The Labute approximate surface area is 124 Å². The molecule has 2 rings (SSSR count). The van der Waals surface area contributed by atoms with Gasteiger partial charge in [-0.25, -0.2) is 0 Å². The summed E-state index contributed by atoms with van der Waals surface area (Å²) in [5.41, 5.74) is 0.0183. The van der Waals surface area contributed by atoms with Crippen molar-refractivity contribution in [3.63, 3.8) is 0 Å². The van der Waals surface area contributed by atoms with Crippen LogP contribution in [-0.2, 0) is 10.1 Å². The van der Waals surface area contributed by atoms with E-state index in [1.54, 1.807) is 0 Å². The number of alkyl halides is 1.